The van der Waals surface area contributed by atoms with Crippen LogP contribution in [0.3, 0.4) is 0 Å². The van der Waals surface area contributed by atoms with Crippen LogP contribution in [-0.4, -0.2) is 17.6 Å². The number of aliphatic hydroxyl groups excluding tert-OH is 1. The molecule has 1 heterocycles. The minimum atomic E-state index is -0.757. The van der Waals surface area contributed by atoms with Gasteiger partial charge in [0.05, 0.1) is 16.4 Å². The van der Waals surface area contributed by atoms with Crippen molar-refractivity contribution in [1.29, 1.82) is 0 Å². The molecule has 108 valence electrons. The molecule has 2 rings (SSSR count). The Kier molecular flexibility index (Phi) is 5.04. The molecule has 3 nitrogen and oxygen atoms in total. The molecule has 21 heavy (non-hydrogen) atoms. The van der Waals surface area contributed by atoms with Gasteiger partial charge in [-0.1, -0.05) is 11.8 Å². The number of nitrogens with one attached hydrogen (secondary N) is 1. The number of benzene rings is 1. The zero-order valence-corrected chi connectivity index (χ0v) is 11.6. The van der Waals surface area contributed by atoms with Gasteiger partial charge in [-0.05, 0) is 24.3 Å². The monoisotopic (exact) mass is 307 g/mol. The van der Waals surface area contributed by atoms with Crippen LogP contribution >= 0.6 is 11.3 Å². The number of halogens is 2. The van der Waals surface area contributed by atoms with Gasteiger partial charge in [0, 0.05) is 18.2 Å². The number of rotatable bonds is 3. The molecule has 1 aromatic carbocycles. The number of aliphatic hydroxyl groups is 1. The SMILES string of the molecule is O=C(Nc1cc(F)cc(F)c1)c1ccc(C#CCCO)s1. The molecule has 0 unspecified atom stereocenters. The first-order valence-electron chi connectivity index (χ1n) is 6.05. The van der Waals surface area contributed by atoms with Crippen LogP contribution < -0.4 is 5.32 Å². The minimum Gasteiger partial charge on any atom is -0.395 e. The van der Waals surface area contributed by atoms with Crippen molar-refractivity contribution >= 4 is 22.9 Å². The van der Waals surface area contributed by atoms with Gasteiger partial charge in [-0.15, -0.1) is 11.3 Å². The molecule has 0 bridgehead atoms. The molecule has 0 atom stereocenters. The van der Waals surface area contributed by atoms with Gasteiger partial charge in [0.2, 0.25) is 0 Å². The Morgan fingerprint density at radius 1 is 1.24 bits per heavy atom. The highest BCUT2D eigenvalue weighted by Gasteiger charge is 2.10. The molecule has 6 heteroatoms. The van der Waals surface area contributed by atoms with Gasteiger partial charge in [-0.2, -0.15) is 0 Å². The van der Waals surface area contributed by atoms with Crippen LogP contribution in [-0.2, 0) is 0 Å². The lowest BCUT2D eigenvalue weighted by Crippen LogP contribution is -2.10. The summed E-state index contributed by atoms with van der Waals surface area (Å²) in [5.74, 6) is 3.59. The van der Waals surface area contributed by atoms with Crippen molar-refractivity contribution < 1.29 is 18.7 Å². The maximum absolute atomic E-state index is 13.0. The molecule has 0 aliphatic carbocycles. The summed E-state index contributed by atoms with van der Waals surface area (Å²) in [6.07, 6.45) is 0.363. The minimum absolute atomic E-state index is 0.0170. The number of amides is 1. The van der Waals surface area contributed by atoms with Crippen molar-refractivity contribution in [3.8, 4) is 11.8 Å². The van der Waals surface area contributed by atoms with Gasteiger partial charge in [-0.25, -0.2) is 8.78 Å². The van der Waals surface area contributed by atoms with Gasteiger partial charge in [0.25, 0.3) is 5.91 Å². The van der Waals surface area contributed by atoms with Crippen LogP contribution in [0.15, 0.2) is 30.3 Å². The third-order valence-electron chi connectivity index (χ3n) is 2.40. The lowest BCUT2D eigenvalue weighted by atomic mass is 10.3. The van der Waals surface area contributed by atoms with Crippen molar-refractivity contribution in [1.82, 2.24) is 0 Å². The Balaban J connectivity index is 2.09. The first-order valence-corrected chi connectivity index (χ1v) is 6.87. The molecular weight excluding hydrogens is 296 g/mol. The summed E-state index contributed by atoms with van der Waals surface area (Å²) >= 11 is 1.16. The summed E-state index contributed by atoms with van der Waals surface area (Å²) in [6, 6.07) is 6.07. The van der Waals surface area contributed by atoms with E-state index in [1.807, 2.05) is 0 Å². The highest BCUT2D eigenvalue weighted by Crippen LogP contribution is 2.19. The summed E-state index contributed by atoms with van der Waals surface area (Å²) in [7, 11) is 0. The first kappa shape index (κ1) is 15.2. The fourth-order valence-corrected chi connectivity index (χ4v) is 2.33. The smallest absolute Gasteiger partial charge is 0.265 e. The molecule has 0 fully saturated rings. The van der Waals surface area contributed by atoms with Crippen molar-refractivity contribution in [3.05, 3.63) is 51.7 Å². The lowest BCUT2D eigenvalue weighted by Gasteiger charge is -2.03. The van der Waals surface area contributed by atoms with Crippen LogP contribution in [0.5, 0.6) is 0 Å². The molecule has 0 saturated carbocycles. The molecule has 0 aliphatic rings. The molecule has 2 aromatic rings. The predicted molar refractivity (Wildman–Crippen MR) is 77.2 cm³/mol. The molecular formula is C15H11F2NO2S. The van der Waals surface area contributed by atoms with Crippen molar-refractivity contribution in [2.45, 2.75) is 6.42 Å². The third-order valence-corrected chi connectivity index (χ3v) is 3.40. The summed E-state index contributed by atoms with van der Waals surface area (Å²) in [6.45, 7) is -0.0170. The first-order chi connectivity index (χ1) is 10.1. The normalized spacial score (nSPS) is 9.86. The van der Waals surface area contributed by atoms with Crippen LogP contribution in [0.4, 0.5) is 14.5 Å². The summed E-state index contributed by atoms with van der Waals surface area (Å²) in [5, 5.41) is 11.0. The second-order valence-electron chi connectivity index (χ2n) is 4.05. The molecule has 1 amide bonds. The molecule has 0 radical (unpaired) electrons. The molecule has 0 aliphatic heterocycles. The van der Waals surface area contributed by atoms with E-state index >= 15 is 0 Å². The molecule has 0 saturated heterocycles. The average Bonchev–Trinajstić information content (AvgIpc) is 2.86. The topological polar surface area (TPSA) is 49.3 Å². The van der Waals surface area contributed by atoms with Gasteiger partial charge in [0.1, 0.15) is 11.6 Å². The van der Waals surface area contributed by atoms with E-state index in [2.05, 4.69) is 17.2 Å². The van der Waals surface area contributed by atoms with Crippen molar-refractivity contribution in [2.24, 2.45) is 0 Å². The van der Waals surface area contributed by atoms with E-state index in [1.165, 1.54) is 0 Å². The van der Waals surface area contributed by atoms with E-state index < -0.39 is 17.5 Å². The highest BCUT2D eigenvalue weighted by molar-refractivity contribution is 7.14. The maximum atomic E-state index is 13.0. The Morgan fingerprint density at radius 2 is 1.95 bits per heavy atom. The quantitative estimate of drug-likeness (QED) is 0.856. The number of anilines is 1. The summed E-state index contributed by atoms with van der Waals surface area (Å²) in [5.41, 5.74) is 0.0545. The molecule has 0 spiro atoms. The average molecular weight is 307 g/mol. The largest absolute Gasteiger partial charge is 0.395 e. The third kappa shape index (κ3) is 4.38. The zero-order valence-electron chi connectivity index (χ0n) is 10.8. The van der Waals surface area contributed by atoms with E-state index in [-0.39, 0.29) is 12.3 Å². The van der Waals surface area contributed by atoms with E-state index in [0.717, 1.165) is 29.5 Å². The molecule has 1 aromatic heterocycles. The van der Waals surface area contributed by atoms with Gasteiger partial charge in [0.15, 0.2) is 0 Å². The van der Waals surface area contributed by atoms with Crippen molar-refractivity contribution in [2.75, 3.05) is 11.9 Å². The summed E-state index contributed by atoms with van der Waals surface area (Å²) in [4.78, 5) is 13.0. The molecule has 2 N–H and O–H groups in total. The van der Waals surface area contributed by atoms with Gasteiger partial charge < -0.3 is 10.4 Å². The second kappa shape index (κ2) is 6.97. The van der Waals surface area contributed by atoms with Crippen LogP contribution in [0.25, 0.3) is 0 Å². The van der Waals surface area contributed by atoms with E-state index in [4.69, 9.17) is 5.11 Å². The number of carbonyl (C=O) groups excluding carboxylic acids is 1. The van der Waals surface area contributed by atoms with E-state index in [0.29, 0.717) is 16.2 Å². The summed E-state index contributed by atoms with van der Waals surface area (Å²) < 4.78 is 26.1. The zero-order chi connectivity index (χ0) is 15.2. The number of hydrogen-bond acceptors (Lipinski definition) is 3. The fraction of sp³-hybridized carbons (Fsp3) is 0.133. The predicted octanol–water partition coefficient (Wildman–Crippen LogP) is 3.01. The van der Waals surface area contributed by atoms with Crippen LogP contribution in [0, 0.1) is 23.5 Å². The van der Waals surface area contributed by atoms with Crippen LogP contribution in [0.1, 0.15) is 21.0 Å². The Morgan fingerprint density at radius 3 is 2.62 bits per heavy atom. The Hall–Kier alpha value is -2.23. The number of carbonyl (C=O) groups is 1. The number of thiophene rings is 1. The Bertz CT molecular complexity index is 696. The standard InChI is InChI=1S/C15H11F2NO2S/c16-10-7-11(17)9-12(8-10)18-15(20)14-5-4-13(21-14)3-1-2-6-19/h4-5,7-9,19H,2,6H2,(H,18,20). The fourth-order valence-electron chi connectivity index (χ4n) is 1.55. The van der Waals surface area contributed by atoms with Crippen molar-refractivity contribution in [3.63, 3.8) is 0 Å². The Labute approximate surface area is 124 Å². The van der Waals surface area contributed by atoms with Crippen LogP contribution in [0.2, 0.25) is 0 Å². The second-order valence-corrected chi connectivity index (χ2v) is 5.14. The highest BCUT2D eigenvalue weighted by atomic mass is 32.1. The van der Waals surface area contributed by atoms with E-state index in [9.17, 15) is 13.6 Å². The maximum Gasteiger partial charge on any atom is 0.265 e. The van der Waals surface area contributed by atoms with Gasteiger partial charge in [-0.3, -0.25) is 4.79 Å². The lowest BCUT2D eigenvalue weighted by molar-refractivity contribution is 0.103. The van der Waals surface area contributed by atoms with E-state index in [1.54, 1.807) is 12.1 Å². The van der Waals surface area contributed by atoms with Gasteiger partial charge >= 0.3 is 0 Å². The number of hydrogen-bond donors (Lipinski definition) is 2.